The summed E-state index contributed by atoms with van der Waals surface area (Å²) in [5, 5.41) is 8.79. The maximum atomic E-state index is 12.3. The largest absolute Gasteiger partial charge is 0.481 e. The number of aromatic nitrogens is 1. The third-order valence-electron chi connectivity index (χ3n) is 3.10. The highest BCUT2D eigenvalue weighted by atomic mass is 16.4. The molecular formula is C17H21NO3. The highest BCUT2D eigenvalue weighted by Crippen LogP contribution is 2.14. The standard InChI is InChI=1S/C15H15NO3.C2H6/c1-10-3-5-11(6-4-10)15(19)13-8-7-12(16(13)2)9-14(17)18;1-2/h3-8H,9H2,1-2H3,(H,17,18);1-2H3. The van der Waals surface area contributed by atoms with Crippen LogP contribution >= 0.6 is 0 Å². The lowest BCUT2D eigenvalue weighted by Gasteiger charge is -2.06. The van der Waals surface area contributed by atoms with Crippen LogP contribution in [0.25, 0.3) is 0 Å². The van der Waals surface area contributed by atoms with Gasteiger partial charge in [0.1, 0.15) is 0 Å². The fraction of sp³-hybridized carbons (Fsp3) is 0.294. The number of hydrogen-bond acceptors (Lipinski definition) is 2. The van der Waals surface area contributed by atoms with Gasteiger partial charge in [0.25, 0.3) is 0 Å². The Hall–Kier alpha value is -2.36. The van der Waals surface area contributed by atoms with Crippen molar-refractivity contribution >= 4 is 11.8 Å². The molecule has 0 aliphatic heterocycles. The third-order valence-corrected chi connectivity index (χ3v) is 3.10. The summed E-state index contributed by atoms with van der Waals surface area (Å²) in [6, 6.07) is 10.7. The number of hydrogen-bond donors (Lipinski definition) is 1. The van der Waals surface area contributed by atoms with Gasteiger partial charge in [-0.25, -0.2) is 0 Å². The molecule has 0 saturated carbocycles. The van der Waals surface area contributed by atoms with Gasteiger partial charge in [0.15, 0.2) is 0 Å². The number of ketones is 1. The molecule has 1 heterocycles. The number of carbonyl (C=O) groups excluding carboxylic acids is 1. The van der Waals surface area contributed by atoms with Crippen LogP contribution in [0.2, 0.25) is 0 Å². The van der Waals surface area contributed by atoms with Crippen molar-refractivity contribution in [2.75, 3.05) is 0 Å². The summed E-state index contributed by atoms with van der Waals surface area (Å²) in [5.74, 6) is -1.00. The molecule has 2 aromatic rings. The smallest absolute Gasteiger partial charge is 0.309 e. The Labute approximate surface area is 125 Å². The molecule has 0 fully saturated rings. The van der Waals surface area contributed by atoms with Gasteiger partial charge in [0.05, 0.1) is 12.1 Å². The minimum atomic E-state index is -0.907. The van der Waals surface area contributed by atoms with E-state index in [2.05, 4.69) is 0 Å². The molecule has 0 aliphatic rings. The molecule has 21 heavy (non-hydrogen) atoms. The van der Waals surface area contributed by atoms with E-state index in [9.17, 15) is 9.59 Å². The van der Waals surface area contributed by atoms with Gasteiger partial charge in [-0.05, 0) is 19.1 Å². The lowest BCUT2D eigenvalue weighted by Crippen LogP contribution is -2.11. The van der Waals surface area contributed by atoms with Crippen molar-refractivity contribution < 1.29 is 14.7 Å². The Morgan fingerprint density at radius 1 is 1.05 bits per heavy atom. The molecule has 0 saturated heterocycles. The number of carboxylic acids is 1. The number of rotatable bonds is 4. The highest BCUT2D eigenvalue weighted by molar-refractivity contribution is 6.08. The van der Waals surface area contributed by atoms with Gasteiger partial charge in [0, 0.05) is 18.3 Å². The Morgan fingerprint density at radius 3 is 2.14 bits per heavy atom. The van der Waals surface area contributed by atoms with E-state index in [0.29, 0.717) is 17.0 Å². The summed E-state index contributed by atoms with van der Waals surface area (Å²) in [4.78, 5) is 23.0. The van der Waals surface area contributed by atoms with E-state index in [1.54, 1.807) is 35.9 Å². The van der Waals surface area contributed by atoms with Crippen LogP contribution < -0.4 is 0 Å². The van der Waals surface area contributed by atoms with Crippen LogP contribution in [0.4, 0.5) is 0 Å². The Kier molecular flexibility index (Phi) is 5.91. The fourth-order valence-electron chi connectivity index (χ4n) is 1.97. The Morgan fingerprint density at radius 2 is 1.62 bits per heavy atom. The minimum Gasteiger partial charge on any atom is -0.481 e. The van der Waals surface area contributed by atoms with Crippen molar-refractivity contribution in [3.8, 4) is 0 Å². The van der Waals surface area contributed by atoms with E-state index in [0.717, 1.165) is 5.56 Å². The molecule has 0 amide bonds. The molecule has 0 bridgehead atoms. The number of nitrogens with zero attached hydrogens (tertiary/aromatic N) is 1. The summed E-state index contributed by atoms with van der Waals surface area (Å²) in [6.07, 6.45) is -0.0856. The quantitative estimate of drug-likeness (QED) is 0.878. The van der Waals surface area contributed by atoms with E-state index < -0.39 is 5.97 Å². The molecule has 2 rings (SSSR count). The molecule has 0 spiro atoms. The second-order valence-corrected chi connectivity index (χ2v) is 4.53. The molecule has 0 unspecified atom stereocenters. The van der Waals surface area contributed by atoms with Crippen molar-refractivity contribution in [3.05, 3.63) is 58.9 Å². The van der Waals surface area contributed by atoms with E-state index in [-0.39, 0.29) is 12.2 Å². The third kappa shape index (κ3) is 4.05. The maximum Gasteiger partial charge on any atom is 0.309 e. The second kappa shape index (κ2) is 7.43. The number of aliphatic carboxylic acids is 1. The first-order valence-corrected chi connectivity index (χ1v) is 6.97. The monoisotopic (exact) mass is 287 g/mol. The van der Waals surface area contributed by atoms with Gasteiger partial charge in [-0.1, -0.05) is 43.7 Å². The van der Waals surface area contributed by atoms with Gasteiger partial charge in [-0.3, -0.25) is 9.59 Å². The molecule has 1 N–H and O–H groups in total. The summed E-state index contributed by atoms with van der Waals surface area (Å²) >= 11 is 0. The average Bonchev–Trinajstić information content (AvgIpc) is 2.82. The van der Waals surface area contributed by atoms with Gasteiger partial charge >= 0.3 is 5.97 Å². The zero-order valence-corrected chi connectivity index (χ0v) is 12.9. The molecule has 0 atom stereocenters. The Bertz CT molecular complexity index is 624. The van der Waals surface area contributed by atoms with E-state index in [1.165, 1.54) is 0 Å². The van der Waals surface area contributed by atoms with Gasteiger partial charge in [-0.2, -0.15) is 0 Å². The number of aryl methyl sites for hydroxylation is 1. The number of carboxylic acid groups (broad SMARTS) is 1. The molecule has 1 aromatic carbocycles. The average molecular weight is 287 g/mol. The van der Waals surface area contributed by atoms with Crippen molar-refractivity contribution in [1.82, 2.24) is 4.57 Å². The van der Waals surface area contributed by atoms with Crippen molar-refractivity contribution in [2.24, 2.45) is 7.05 Å². The maximum absolute atomic E-state index is 12.3. The van der Waals surface area contributed by atoms with Crippen LogP contribution in [0.5, 0.6) is 0 Å². The molecular weight excluding hydrogens is 266 g/mol. The fourth-order valence-corrected chi connectivity index (χ4v) is 1.97. The summed E-state index contributed by atoms with van der Waals surface area (Å²) < 4.78 is 1.64. The molecule has 4 nitrogen and oxygen atoms in total. The summed E-state index contributed by atoms with van der Waals surface area (Å²) in [5.41, 5.74) is 2.81. The summed E-state index contributed by atoms with van der Waals surface area (Å²) in [7, 11) is 1.71. The molecule has 4 heteroatoms. The topological polar surface area (TPSA) is 59.3 Å². The molecule has 0 aliphatic carbocycles. The van der Waals surface area contributed by atoms with Crippen LogP contribution in [0.15, 0.2) is 36.4 Å². The SMILES string of the molecule is CC.Cc1ccc(C(=O)c2ccc(CC(=O)O)n2C)cc1. The highest BCUT2D eigenvalue weighted by Gasteiger charge is 2.15. The lowest BCUT2D eigenvalue weighted by molar-refractivity contribution is -0.136. The predicted molar refractivity (Wildman–Crippen MR) is 82.7 cm³/mol. The van der Waals surface area contributed by atoms with Crippen LogP contribution in [-0.4, -0.2) is 21.4 Å². The second-order valence-electron chi connectivity index (χ2n) is 4.53. The van der Waals surface area contributed by atoms with Crippen LogP contribution in [0, 0.1) is 6.92 Å². The molecule has 112 valence electrons. The van der Waals surface area contributed by atoms with Crippen molar-refractivity contribution in [1.29, 1.82) is 0 Å². The number of benzene rings is 1. The summed E-state index contributed by atoms with van der Waals surface area (Å²) in [6.45, 7) is 5.96. The van der Waals surface area contributed by atoms with E-state index in [4.69, 9.17) is 5.11 Å². The molecule has 1 aromatic heterocycles. The normalized spacial score (nSPS) is 9.71. The van der Waals surface area contributed by atoms with Gasteiger partial charge < -0.3 is 9.67 Å². The van der Waals surface area contributed by atoms with Crippen molar-refractivity contribution in [3.63, 3.8) is 0 Å². The van der Waals surface area contributed by atoms with Gasteiger partial charge in [0.2, 0.25) is 5.78 Å². The van der Waals surface area contributed by atoms with Crippen LogP contribution in [-0.2, 0) is 18.3 Å². The van der Waals surface area contributed by atoms with Crippen LogP contribution in [0.1, 0.15) is 41.2 Å². The zero-order chi connectivity index (χ0) is 16.0. The Balaban J connectivity index is 0.00000106. The minimum absolute atomic E-state index is 0.0856. The predicted octanol–water partition coefficient (Wildman–Crippen LogP) is 3.22. The first kappa shape index (κ1) is 16.7. The van der Waals surface area contributed by atoms with E-state index in [1.807, 2.05) is 32.9 Å². The van der Waals surface area contributed by atoms with Crippen molar-refractivity contribution in [2.45, 2.75) is 27.2 Å². The van der Waals surface area contributed by atoms with Crippen LogP contribution in [0.3, 0.4) is 0 Å². The van der Waals surface area contributed by atoms with E-state index >= 15 is 0 Å². The lowest BCUT2D eigenvalue weighted by atomic mass is 10.1. The zero-order valence-electron chi connectivity index (χ0n) is 12.9. The number of carbonyl (C=O) groups is 2. The first-order valence-electron chi connectivity index (χ1n) is 6.97. The van der Waals surface area contributed by atoms with Gasteiger partial charge in [-0.15, -0.1) is 0 Å². The first-order chi connectivity index (χ1) is 9.99. The molecule has 0 radical (unpaired) electrons.